The maximum absolute atomic E-state index is 12.6. The first kappa shape index (κ1) is 17.0. The molecule has 1 N–H and O–H groups in total. The highest BCUT2D eigenvalue weighted by molar-refractivity contribution is 5.74. The molecule has 0 radical (unpaired) electrons. The van der Waals surface area contributed by atoms with Crippen LogP contribution in [0.5, 0.6) is 0 Å². The number of likely N-dealkylation sites (tertiary alicyclic amines) is 1. The summed E-state index contributed by atoms with van der Waals surface area (Å²) < 4.78 is 5.54. The molecule has 1 saturated heterocycles. The van der Waals surface area contributed by atoms with Crippen LogP contribution in [0, 0.1) is 5.41 Å². The number of piperidine rings is 1. The monoisotopic (exact) mass is 328 g/mol. The second-order valence-corrected chi connectivity index (χ2v) is 7.06. The van der Waals surface area contributed by atoms with Crippen LogP contribution in [0.25, 0.3) is 0 Å². The number of ether oxygens (including phenoxy) is 1. The van der Waals surface area contributed by atoms with Gasteiger partial charge in [0.2, 0.25) is 0 Å². The lowest BCUT2D eigenvalue weighted by molar-refractivity contribution is 0.0841. The van der Waals surface area contributed by atoms with E-state index in [0.29, 0.717) is 12.0 Å². The molecule has 4 heteroatoms. The Bertz CT molecular complexity index is 572. The van der Waals surface area contributed by atoms with Crippen LogP contribution in [0.2, 0.25) is 0 Å². The maximum Gasteiger partial charge on any atom is 0.317 e. The van der Waals surface area contributed by atoms with Gasteiger partial charge in [-0.3, -0.25) is 0 Å². The third-order valence-electron chi connectivity index (χ3n) is 5.40. The molecule has 4 nitrogen and oxygen atoms in total. The molecule has 0 unspecified atom stereocenters. The Hall–Kier alpha value is -1.81. The van der Waals surface area contributed by atoms with E-state index in [2.05, 4.69) is 17.5 Å². The summed E-state index contributed by atoms with van der Waals surface area (Å²) in [6, 6.07) is 10.1. The molecule has 0 saturated carbocycles. The molecule has 130 valence electrons. The average Bonchev–Trinajstić information content (AvgIpc) is 2.63. The van der Waals surface area contributed by atoms with E-state index < -0.39 is 0 Å². The van der Waals surface area contributed by atoms with Gasteiger partial charge in [0, 0.05) is 26.7 Å². The number of nitrogens with zero attached hydrogens (tertiary/aromatic N) is 1. The highest BCUT2D eigenvalue weighted by Gasteiger charge is 2.36. The smallest absolute Gasteiger partial charge is 0.317 e. The fraction of sp³-hybridized carbons (Fsp3) is 0.550. The standard InChI is InChI=1S/C20H28N2O2/c1-24-18(17-9-4-2-5-10-17)15-21-19(23)22-14-8-13-20(16-22)11-6-3-7-12-20/h2-6,9-10,18H,7-8,11-16H2,1H3,(H,21,23)/t18-,20-/m0/s1. The highest BCUT2D eigenvalue weighted by Crippen LogP contribution is 2.40. The van der Waals surface area contributed by atoms with Crippen molar-refractivity contribution in [1.82, 2.24) is 10.2 Å². The van der Waals surface area contributed by atoms with Gasteiger partial charge >= 0.3 is 6.03 Å². The van der Waals surface area contributed by atoms with Crippen LogP contribution < -0.4 is 5.32 Å². The minimum absolute atomic E-state index is 0.0432. The number of methoxy groups -OCH3 is 1. The average molecular weight is 328 g/mol. The number of hydrogen-bond acceptors (Lipinski definition) is 2. The zero-order valence-corrected chi connectivity index (χ0v) is 14.5. The van der Waals surface area contributed by atoms with E-state index >= 15 is 0 Å². The summed E-state index contributed by atoms with van der Waals surface area (Å²) in [7, 11) is 1.69. The van der Waals surface area contributed by atoms with E-state index in [-0.39, 0.29) is 12.1 Å². The van der Waals surface area contributed by atoms with E-state index in [1.807, 2.05) is 35.2 Å². The molecular weight excluding hydrogens is 300 g/mol. The number of allylic oxidation sites excluding steroid dienone is 2. The summed E-state index contributed by atoms with van der Waals surface area (Å²) in [6.45, 7) is 2.25. The van der Waals surface area contributed by atoms with Crippen LogP contribution in [0.3, 0.4) is 0 Å². The summed E-state index contributed by atoms with van der Waals surface area (Å²) in [4.78, 5) is 14.6. The molecule has 0 bridgehead atoms. The van der Waals surface area contributed by atoms with E-state index in [1.54, 1.807) is 7.11 Å². The van der Waals surface area contributed by atoms with Crippen LogP contribution in [0.1, 0.15) is 43.8 Å². The topological polar surface area (TPSA) is 41.6 Å². The lowest BCUT2D eigenvalue weighted by Gasteiger charge is -2.43. The fourth-order valence-electron chi connectivity index (χ4n) is 3.99. The molecule has 1 spiro atoms. The number of nitrogens with one attached hydrogen (secondary N) is 1. The molecule has 0 aromatic heterocycles. The predicted molar refractivity (Wildman–Crippen MR) is 95.8 cm³/mol. The largest absolute Gasteiger partial charge is 0.375 e. The van der Waals surface area contributed by atoms with E-state index in [9.17, 15) is 4.79 Å². The van der Waals surface area contributed by atoms with Crippen molar-refractivity contribution in [1.29, 1.82) is 0 Å². The molecule has 1 aromatic carbocycles. The Kier molecular flexibility index (Phi) is 5.56. The lowest BCUT2D eigenvalue weighted by atomic mass is 9.71. The van der Waals surface area contributed by atoms with E-state index in [1.165, 1.54) is 12.8 Å². The molecule has 2 aliphatic rings. The Morgan fingerprint density at radius 3 is 2.83 bits per heavy atom. The third kappa shape index (κ3) is 3.99. The van der Waals surface area contributed by atoms with Crippen LogP contribution >= 0.6 is 0 Å². The van der Waals surface area contributed by atoms with Gasteiger partial charge in [0.05, 0.1) is 6.10 Å². The number of hydrogen-bond donors (Lipinski definition) is 1. The Balaban J connectivity index is 1.55. The number of carbonyl (C=O) groups is 1. The van der Waals surface area contributed by atoms with Crippen molar-refractivity contribution in [2.24, 2.45) is 5.41 Å². The maximum atomic E-state index is 12.6. The van der Waals surface area contributed by atoms with Gasteiger partial charge in [-0.25, -0.2) is 4.79 Å². The number of carbonyl (C=O) groups excluding carboxylic acids is 1. The Labute approximate surface area is 144 Å². The van der Waals surface area contributed by atoms with Gasteiger partial charge in [0.1, 0.15) is 0 Å². The molecule has 24 heavy (non-hydrogen) atoms. The third-order valence-corrected chi connectivity index (χ3v) is 5.40. The van der Waals surface area contributed by atoms with Crippen molar-refractivity contribution < 1.29 is 9.53 Å². The van der Waals surface area contributed by atoms with Gasteiger partial charge in [-0.05, 0) is 43.1 Å². The summed E-state index contributed by atoms with van der Waals surface area (Å²) in [5.74, 6) is 0. The van der Waals surface area contributed by atoms with Gasteiger partial charge in [-0.15, -0.1) is 0 Å². The molecule has 2 atom stereocenters. The van der Waals surface area contributed by atoms with Gasteiger partial charge in [0.25, 0.3) is 0 Å². The normalized spacial score (nSPS) is 24.8. The SMILES string of the molecule is CO[C@@H](CNC(=O)N1CCC[C@@]2(CC=CCC2)C1)c1ccccc1. The van der Waals surface area contributed by atoms with Crippen LogP contribution in [-0.4, -0.2) is 37.7 Å². The second kappa shape index (κ2) is 7.84. The minimum atomic E-state index is -0.105. The quantitative estimate of drug-likeness (QED) is 0.852. The first-order valence-electron chi connectivity index (χ1n) is 8.98. The Morgan fingerprint density at radius 1 is 1.29 bits per heavy atom. The molecular formula is C20H28N2O2. The zero-order chi connectivity index (χ0) is 16.8. The molecule has 2 amide bonds. The molecule has 1 aromatic rings. The summed E-state index contributed by atoms with van der Waals surface area (Å²) >= 11 is 0. The van der Waals surface area contributed by atoms with Crippen LogP contribution in [0.15, 0.2) is 42.5 Å². The van der Waals surface area contributed by atoms with Gasteiger partial charge in [-0.1, -0.05) is 42.5 Å². The fourth-order valence-corrected chi connectivity index (χ4v) is 3.99. The van der Waals surface area contributed by atoms with E-state index in [0.717, 1.165) is 37.9 Å². The van der Waals surface area contributed by atoms with Crippen molar-refractivity contribution in [3.8, 4) is 0 Å². The van der Waals surface area contributed by atoms with Crippen molar-refractivity contribution in [3.05, 3.63) is 48.0 Å². The summed E-state index contributed by atoms with van der Waals surface area (Å²) in [6.07, 6.45) is 10.3. The first-order valence-corrected chi connectivity index (χ1v) is 8.98. The van der Waals surface area contributed by atoms with Crippen molar-refractivity contribution in [3.63, 3.8) is 0 Å². The van der Waals surface area contributed by atoms with Gasteiger partial charge in [-0.2, -0.15) is 0 Å². The zero-order valence-electron chi connectivity index (χ0n) is 14.5. The van der Waals surface area contributed by atoms with Crippen LogP contribution in [0.4, 0.5) is 4.79 Å². The van der Waals surface area contributed by atoms with Crippen molar-refractivity contribution in [2.75, 3.05) is 26.7 Å². The number of urea groups is 1. The Morgan fingerprint density at radius 2 is 2.12 bits per heavy atom. The summed E-state index contributed by atoms with van der Waals surface area (Å²) in [5.41, 5.74) is 1.40. The predicted octanol–water partition coefficient (Wildman–Crippen LogP) is 3.91. The lowest BCUT2D eigenvalue weighted by Crippen LogP contribution is -2.50. The van der Waals surface area contributed by atoms with Gasteiger partial charge < -0.3 is 15.0 Å². The van der Waals surface area contributed by atoms with Crippen molar-refractivity contribution >= 4 is 6.03 Å². The van der Waals surface area contributed by atoms with Crippen LogP contribution in [-0.2, 0) is 4.74 Å². The van der Waals surface area contributed by atoms with Crippen molar-refractivity contribution in [2.45, 2.75) is 38.2 Å². The molecule has 1 aliphatic carbocycles. The summed E-state index contributed by atoms with van der Waals surface area (Å²) in [5, 5.41) is 3.07. The number of amides is 2. The first-order chi connectivity index (χ1) is 11.7. The molecule has 1 aliphatic heterocycles. The van der Waals surface area contributed by atoms with E-state index in [4.69, 9.17) is 4.74 Å². The second-order valence-electron chi connectivity index (χ2n) is 7.06. The molecule has 1 fully saturated rings. The number of benzene rings is 1. The minimum Gasteiger partial charge on any atom is -0.375 e. The highest BCUT2D eigenvalue weighted by atomic mass is 16.5. The molecule has 3 rings (SSSR count). The number of rotatable bonds is 4. The molecule has 1 heterocycles. The van der Waals surface area contributed by atoms with Gasteiger partial charge in [0.15, 0.2) is 0 Å².